The predicted octanol–water partition coefficient (Wildman–Crippen LogP) is 0.873. The molecular formula is C17H25N5O2. The molecule has 3 heterocycles. The van der Waals surface area contributed by atoms with Crippen molar-refractivity contribution in [3.8, 4) is 0 Å². The van der Waals surface area contributed by atoms with Gasteiger partial charge in [-0.1, -0.05) is 0 Å². The SMILES string of the molecule is Cc1cc2ncc(C(=O)N3C[C@H](C)N(CCO)C[C@H]3C)c(C)n2n1. The quantitative estimate of drug-likeness (QED) is 0.903. The van der Waals surface area contributed by atoms with Crippen LogP contribution in [0.1, 0.15) is 35.6 Å². The Morgan fingerprint density at radius 3 is 2.75 bits per heavy atom. The Balaban J connectivity index is 1.87. The van der Waals surface area contributed by atoms with Crippen LogP contribution in [0.2, 0.25) is 0 Å². The van der Waals surface area contributed by atoms with E-state index < -0.39 is 0 Å². The number of piperazine rings is 1. The van der Waals surface area contributed by atoms with E-state index in [1.807, 2.05) is 31.7 Å². The van der Waals surface area contributed by atoms with Crippen LogP contribution in [-0.2, 0) is 0 Å². The Labute approximate surface area is 141 Å². The van der Waals surface area contributed by atoms with Gasteiger partial charge in [0.1, 0.15) is 0 Å². The first-order valence-electron chi connectivity index (χ1n) is 8.40. The molecule has 1 amide bonds. The van der Waals surface area contributed by atoms with Gasteiger partial charge in [-0.25, -0.2) is 9.50 Å². The highest BCUT2D eigenvalue weighted by Gasteiger charge is 2.33. The molecule has 0 bridgehead atoms. The topological polar surface area (TPSA) is 74.0 Å². The van der Waals surface area contributed by atoms with E-state index in [2.05, 4.69) is 21.9 Å². The molecule has 1 aliphatic rings. The van der Waals surface area contributed by atoms with Crippen molar-refractivity contribution in [2.75, 3.05) is 26.2 Å². The van der Waals surface area contributed by atoms with Crippen LogP contribution in [0, 0.1) is 13.8 Å². The van der Waals surface area contributed by atoms with E-state index in [0.29, 0.717) is 18.7 Å². The van der Waals surface area contributed by atoms with Crippen molar-refractivity contribution in [3.63, 3.8) is 0 Å². The second-order valence-electron chi connectivity index (χ2n) is 6.69. The molecule has 2 atom stereocenters. The van der Waals surface area contributed by atoms with Gasteiger partial charge >= 0.3 is 0 Å². The molecule has 1 N–H and O–H groups in total. The summed E-state index contributed by atoms with van der Waals surface area (Å²) in [7, 11) is 0. The molecule has 1 saturated heterocycles. The maximum absolute atomic E-state index is 13.1. The molecule has 3 rings (SSSR count). The summed E-state index contributed by atoms with van der Waals surface area (Å²) in [6.07, 6.45) is 1.66. The number of hydrogen-bond donors (Lipinski definition) is 1. The highest BCUT2D eigenvalue weighted by molar-refractivity contribution is 5.95. The molecule has 2 aromatic heterocycles. The predicted molar refractivity (Wildman–Crippen MR) is 91.1 cm³/mol. The zero-order valence-corrected chi connectivity index (χ0v) is 14.7. The maximum Gasteiger partial charge on any atom is 0.257 e. The fourth-order valence-corrected chi connectivity index (χ4v) is 3.45. The maximum atomic E-state index is 13.1. The number of aliphatic hydroxyl groups excluding tert-OH is 1. The molecule has 7 heteroatoms. The van der Waals surface area contributed by atoms with Crippen LogP contribution in [0.3, 0.4) is 0 Å². The van der Waals surface area contributed by atoms with Crippen LogP contribution in [0.25, 0.3) is 5.65 Å². The smallest absolute Gasteiger partial charge is 0.257 e. The zero-order chi connectivity index (χ0) is 17.4. The number of carbonyl (C=O) groups is 1. The van der Waals surface area contributed by atoms with Gasteiger partial charge in [0.15, 0.2) is 5.65 Å². The van der Waals surface area contributed by atoms with Gasteiger partial charge in [0.25, 0.3) is 5.91 Å². The number of rotatable bonds is 3. The minimum Gasteiger partial charge on any atom is -0.395 e. The van der Waals surface area contributed by atoms with Crippen molar-refractivity contribution in [2.45, 2.75) is 39.8 Å². The normalized spacial score (nSPS) is 22.3. The van der Waals surface area contributed by atoms with Gasteiger partial charge in [0.05, 0.1) is 23.6 Å². The minimum atomic E-state index is -0.00180. The van der Waals surface area contributed by atoms with Gasteiger partial charge in [0, 0.05) is 44.0 Å². The van der Waals surface area contributed by atoms with Crippen LogP contribution in [0.15, 0.2) is 12.3 Å². The summed E-state index contributed by atoms with van der Waals surface area (Å²) in [5, 5.41) is 13.6. The number of carbonyl (C=O) groups excluding carboxylic acids is 1. The highest BCUT2D eigenvalue weighted by Crippen LogP contribution is 2.20. The number of aromatic nitrogens is 3. The van der Waals surface area contributed by atoms with Gasteiger partial charge < -0.3 is 10.0 Å². The molecule has 0 spiro atoms. The van der Waals surface area contributed by atoms with Gasteiger partial charge in [0.2, 0.25) is 0 Å². The summed E-state index contributed by atoms with van der Waals surface area (Å²) in [5.74, 6) is -0.00180. The fraction of sp³-hybridized carbons (Fsp3) is 0.588. The van der Waals surface area contributed by atoms with E-state index in [1.54, 1.807) is 10.7 Å². The zero-order valence-electron chi connectivity index (χ0n) is 14.7. The molecule has 7 nitrogen and oxygen atoms in total. The van der Waals surface area contributed by atoms with Crippen LogP contribution < -0.4 is 0 Å². The van der Waals surface area contributed by atoms with E-state index in [-0.39, 0.29) is 24.6 Å². The average Bonchev–Trinajstić information content (AvgIpc) is 2.92. The van der Waals surface area contributed by atoms with Crippen molar-refractivity contribution in [1.29, 1.82) is 0 Å². The number of β-amino-alcohol motifs (C(OH)–C–C–N with tert-alkyl or cyclic N) is 1. The number of amides is 1. The molecule has 130 valence electrons. The Morgan fingerprint density at radius 1 is 1.29 bits per heavy atom. The van der Waals surface area contributed by atoms with Crippen molar-refractivity contribution in [1.82, 2.24) is 24.4 Å². The second-order valence-corrected chi connectivity index (χ2v) is 6.69. The first-order chi connectivity index (χ1) is 11.4. The van der Waals surface area contributed by atoms with Gasteiger partial charge in [-0.3, -0.25) is 9.69 Å². The molecule has 0 aromatic carbocycles. The summed E-state index contributed by atoms with van der Waals surface area (Å²) in [4.78, 5) is 21.6. The third kappa shape index (κ3) is 2.89. The third-order valence-corrected chi connectivity index (χ3v) is 4.84. The van der Waals surface area contributed by atoms with Crippen molar-refractivity contribution < 1.29 is 9.90 Å². The Bertz CT molecular complexity index is 757. The van der Waals surface area contributed by atoms with Gasteiger partial charge in [-0.15, -0.1) is 0 Å². The Morgan fingerprint density at radius 2 is 2.04 bits per heavy atom. The first-order valence-corrected chi connectivity index (χ1v) is 8.40. The lowest BCUT2D eigenvalue weighted by Gasteiger charge is -2.44. The summed E-state index contributed by atoms with van der Waals surface area (Å²) in [6, 6.07) is 2.22. The van der Waals surface area contributed by atoms with E-state index in [0.717, 1.165) is 23.6 Å². The minimum absolute atomic E-state index is 0.00180. The van der Waals surface area contributed by atoms with Crippen molar-refractivity contribution in [2.24, 2.45) is 0 Å². The third-order valence-electron chi connectivity index (χ3n) is 4.84. The summed E-state index contributed by atoms with van der Waals surface area (Å²) in [6.45, 7) is 10.2. The van der Waals surface area contributed by atoms with Crippen LogP contribution >= 0.6 is 0 Å². The van der Waals surface area contributed by atoms with E-state index in [1.165, 1.54) is 0 Å². The summed E-state index contributed by atoms with van der Waals surface area (Å²) in [5.41, 5.74) is 3.06. The number of hydrogen-bond acceptors (Lipinski definition) is 5. The van der Waals surface area contributed by atoms with E-state index in [9.17, 15) is 9.90 Å². The van der Waals surface area contributed by atoms with Crippen LogP contribution in [0.5, 0.6) is 0 Å². The molecule has 0 unspecified atom stereocenters. The Hall–Kier alpha value is -1.99. The van der Waals surface area contributed by atoms with Gasteiger partial charge in [-0.05, 0) is 27.7 Å². The van der Waals surface area contributed by atoms with Crippen LogP contribution in [0.4, 0.5) is 0 Å². The molecule has 1 fully saturated rings. The van der Waals surface area contributed by atoms with E-state index in [4.69, 9.17) is 0 Å². The molecule has 24 heavy (non-hydrogen) atoms. The monoisotopic (exact) mass is 331 g/mol. The molecular weight excluding hydrogens is 306 g/mol. The summed E-state index contributed by atoms with van der Waals surface area (Å²) < 4.78 is 1.73. The number of aryl methyl sites for hydroxylation is 2. The fourth-order valence-electron chi connectivity index (χ4n) is 3.45. The molecule has 2 aromatic rings. The number of nitrogens with zero attached hydrogens (tertiary/aromatic N) is 5. The van der Waals surface area contributed by atoms with Crippen LogP contribution in [-0.4, -0.2) is 73.7 Å². The van der Waals surface area contributed by atoms with Gasteiger partial charge in [-0.2, -0.15) is 5.10 Å². The average molecular weight is 331 g/mol. The summed E-state index contributed by atoms with van der Waals surface area (Å²) >= 11 is 0. The lowest BCUT2D eigenvalue weighted by Crippen LogP contribution is -2.58. The lowest BCUT2D eigenvalue weighted by molar-refractivity contribution is 0.0264. The lowest BCUT2D eigenvalue weighted by atomic mass is 10.1. The largest absolute Gasteiger partial charge is 0.395 e. The number of fused-ring (bicyclic) bond motifs is 1. The standard InChI is InChI=1S/C17H25N5O2/c1-11-7-16-18-8-15(14(4)22(16)19-11)17(24)21-10-12(2)20(5-6-23)9-13(21)3/h7-8,12-13,23H,5-6,9-10H2,1-4H3/t12-,13+/m0/s1. The molecule has 0 radical (unpaired) electrons. The second kappa shape index (κ2) is 6.49. The van der Waals surface area contributed by atoms with E-state index >= 15 is 0 Å². The molecule has 1 aliphatic heterocycles. The van der Waals surface area contributed by atoms with Crippen molar-refractivity contribution >= 4 is 11.6 Å². The first kappa shape index (κ1) is 16.9. The number of aliphatic hydroxyl groups is 1. The Kier molecular flexibility index (Phi) is 4.56. The highest BCUT2D eigenvalue weighted by atomic mass is 16.3. The molecule has 0 aliphatic carbocycles. The molecule has 0 saturated carbocycles. The van der Waals surface area contributed by atoms with Crippen molar-refractivity contribution in [3.05, 3.63) is 29.2 Å².